The maximum atomic E-state index is 11.6. The Balaban J connectivity index is 2.49. The second-order valence-electron chi connectivity index (χ2n) is 3.75. The van der Waals surface area contributed by atoms with Crippen molar-refractivity contribution in [3.05, 3.63) is 35.9 Å². The molecule has 1 atom stereocenters. The number of carbonyl (C=O) groups is 2. The molecule has 16 heavy (non-hydrogen) atoms. The minimum Gasteiger partial charge on any atom is -0.481 e. The first-order valence-corrected chi connectivity index (χ1v) is 5.44. The summed E-state index contributed by atoms with van der Waals surface area (Å²) >= 11 is 0. The number of carboxylic acid groups (broad SMARTS) is 1. The Kier molecular flexibility index (Phi) is 4.70. The molecule has 0 saturated heterocycles. The molecule has 1 aromatic rings. The van der Waals surface area contributed by atoms with Gasteiger partial charge in [0.05, 0.1) is 0 Å². The van der Waals surface area contributed by atoms with Crippen LogP contribution in [-0.4, -0.2) is 16.9 Å². The summed E-state index contributed by atoms with van der Waals surface area (Å²) in [6.07, 6.45) is 1.28. The summed E-state index contributed by atoms with van der Waals surface area (Å²) < 4.78 is 0. The molecule has 1 rings (SSSR count). The van der Waals surface area contributed by atoms with Gasteiger partial charge in [-0.25, -0.2) is 0 Å². The first kappa shape index (κ1) is 12.4. The molecule has 1 unspecified atom stereocenters. The van der Waals surface area contributed by atoms with Crippen LogP contribution in [-0.2, 0) is 16.0 Å². The van der Waals surface area contributed by atoms with E-state index in [4.69, 9.17) is 5.11 Å². The minimum absolute atomic E-state index is 0.182. The molecule has 0 amide bonds. The Bertz CT molecular complexity index is 357. The van der Waals surface area contributed by atoms with E-state index < -0.39 is 11.9 Å². The molecule has 0 saturated carbocycles. The minimum atomic E-state index is -1.01. The average molecular weight is 220 g/mol. The maximum absolute atomic E-state index is 11.6. The van der Waals surface area contributed by atoms with Crippen LogP contribution in [0.5, 0.6) is 0 Å². The molecule has 0 bridgehead atoms. The molecule has 3 nitrogen and oxygen atoms in total. The Morgan fingerprint density at radius 2 is 1.88 bits per heavy atom. The van der Waals surface area contributed by atoms with E-state index in [1.54, 1.807) is 6.92 Å². The van der Waals surface area contributed by atoms with E-state index in [9.17, 15) is 9.59 Å². The number of carboxylic acids is 1. The zero-order valence-corrected chi connectivity index (χ0v) is 9.35. The van der Waals surface area contributed by atoms with Crippen LogP contribution in [0, 0.1) is 5.92 Å². The van der Waals surface area contributed by atoms with Crippen molar-refractivity contribution in [2.24, 2.45) is 5.92 Å². The molecule has 1 N–H and O–H groups in total. The van der Waals surface area contributed by atoms with Crippen LogP contribution in [0.1, 0.15) is 25.3 Å². The second-order valence-corrected chi connectivity index (χ2v) is 3.75. The number of hydrogen-bond acceptors (Lipinski definition) is 2. The highest BCUT2D eigenvalue weighted by Crippen LogP contribution is 2.10. The van der Waals surface area contributed by atoms with Crippen LogP contribution in [0.2, 0.25) is 0 Å². The third-order valence-corrected chi connectivity index (χ3v) is 2.60. The topological polar surface area (TPSA) is 54.4 Å². The second kappa shape index (κ2) is 6.05. The maximum Gasteiger partial charge on any atom is 0.314 e. The van der Waals surface area contributed by atoms with E-state index in [1.165, 1.54) is 0 Å². The van der Waals surface area contributed by atoms with Crippen LogP contribution in [0.3, 0.4) is 0 Å². The number of benzene rings is 1. The van der Waals surface area contributed by atoms with Crippen molar-refractivity contribution in [2.75, 3.05) is 0 Å². The number of carbonyl (C=O) groups excluding carboxylic acids is 1. The molecule has 1 aromatic carbocycles. The fraction of sp³-hybridized carbons (Fsp3) is 0.385. The highest BCUT2D eigenvalue weighted by molar-refractivity contribution is 5.98. The molecule has 0 aliphatic carbocycles. The van der Waals surface area contributed by atoms with Crippen molar-refractivity contribution in [3.63, 3.8) is 0 Å². The summed E-state index contributed by atoms with van der Waals surface area (Å²) in [5, 5.41) is 8.82. The molecule has 0 radical (unpaired) electrons. The van der Waals surface area contributed by atoms with Crippen LogP contribution < -0.4 is 0 Å². The summed E-state index contributed by atoms with van der Waals surface area (Å²) in [4.78, 5) is 22.4. The van der Waals surface area contributed by atoms with Crippen LogP contribution in [0.25, 0.3) is 0 Å². The summed E-state index contributed by atoms with van der Waals surface area (Å²) in [5.74, 6) is -2.04. The molecular formula is C13H16O3. The van der Waals surface area contributed by atoms with Gasteiger partial charge in [-0.2, -0.15) is 0 Å². The normalized spacial score (nSPS) is 12.1. The Labute approximate surface area is 95.1 Å². The van der Waals surface area contributed by atoms with Crippen molar-refractivity contribution < 1.29 is 14.7 Å². The van der Waals surface area contributed by atoms with E-state index in [0.29, 0.717) is 19.3 Å². The molecule has 0 fully saturated rings. The number of aliphatic carboxylic acids is 1. The van der Waals surface area contributed by atoms with Crippen molar-refractivity contribution >= 4 is 11.8 Å². The monoisotopic (exact) mass is 220 g/mol. The molecule has 0 aromatic heterocycles. The lowest BCUT2D eigenvalue weighted by molar-refractivity contribution is -0.146. The SMILES string of the molecule is CCC(C(=O)O)C(=O)CCc1ccccc1. The van der Waals surface area contributed by atoms with Gasteiger partial charge in [0.2, 0.25) is 0 Å². The summed E-state index contributed by atoms with van der Waals surface area (Å²) in [6.45, 7) is 1.72. The predicted molar refractivity (Wildman–Crippen MR) is 61.2 cm³/mol. The lowest BCUT2D eigenvalue weighted by Crippen LogP contribution is -2.23. The van der Waals surface area contributed by atoms with Gasteiger partial charge >= 0.3 is 5.97 Å². The summed E-state index contributed by atoms with van der Waals surface area (Å²) in [6, 6.07) is 9.62. The Morgan fingerprint density at radius 3 is 2.38 bits per heavy atom. The van der Waals surface area contributed by atoms with Gasteiger partial charge < -0.3 is 5.11 Å². The highest BCUT2D eigenvalue weighted by Gasteiger charge is 2.23. The lowest BCUT2D eigenvalue weighted by Gasteiger charge is -2.08. The summed E-state index contributed by atoms with van der Waals surface area (Å²) in [7, 11) is 0. The first-order valence-electron chi connectivity index (χ1n) is 5.44. The van der Waals surface area contributed by atoms with Gasteiger partial charge in [-0.3, -0.25) is 9.59 Å². The van der Waals surface area contributed by atoms with E-state index in [1.807, 2.05) is 30.3 Å². The number of ketones is 1. The van der Waals surface area contributed by atoms with Crippen molar-refractivity contribution in [2.45, 2.75) is 26.2 Å². The van der Waals surface area contributed by atoms with Crippen LogP contribution in [0.4, 0.5) is 0 Å². The molecule has 0 aliphatic rings. The largest absolute Gasteiger partial charge is 0.481 e. The smallest absolute Gasteiger partial charge is 0.314 e. The number of hydrogen-bond donors (Lipinski definition) is 1. The van der Waals surface area contributed by atoms with Crippen LogP contribution in [0.15, 0.2) is 30.3 Å². The zero-order chi connectivity index (χ0) is 12.0. The van der Waals surface area contributed by atoms with E-state index in [0.717, 1.165) is 5.56 Å². The zero-order valence-electron chi connectivity index (χ0n) is 9.35. The Hall–Kier alpha value is -1.64. The van der Waals surface area contributed by atoms with Gasteiger partial charge in [-0.05, 0) is 18.4 Å². The molecule has 0 heterocycles. The van der Waals surface area contributed by atoms with Crippen LogP contribution >= 0.6 is 0 Å². The first-order chi connectivity index (χ1) is 7.65. The molecule has 0 spiro atoms. The third kappa shape index (κ3) is 3.50. The van der Waals surface area contributed by atoms with Gasteiger partial charge in [0.1, 0.15) is 11.7 Å². The molecule has 3 heteroatoms. The number of Topliss-reactive ketones (excluding diaryl/α,β-unsaturated/α-hetero) is 1. The van der Waals surface area contributed by atoms with Crippen molar-refractivity contribution in [3.8, 4) is 0 Å². The van der Waals surface area contributed by atoms with Crippen molar-refractivity contribution in [1.82, 2.24) is 0 Å². The van der Waals surface area contributed by atoms with Gasteiger partial charge in [0.25, 0.3) is 0 Å². The summed E-state index contributed by atoms with van der Waals surface area (Å²) in [5.41, 5.74) is 1.07. The van der Waals surface area contributed by atoms with E-state index >= 15 is 0 Å². The number of aryl methyl sites for hydroxylation is 1. The molecule has 0 aliphatic heterocycles. The lowest BCUT2D eigenvalue weighted by atomic mass is 9.96. The van der Waals surface area contributed by atoms with Gasteiger partial charge in [-0.15, -0.1) is 0 Å². The number of rotatable bonds is 6. The third-order valence-electron chi connectivity index (χ3n) is 2.60. The average Bonchev–Trinajstić information content (AvgIpc) is 2.28. The predicted octanol–water partition coefficient (Wildman–Crippen LogP) is 2.30. The van der Waals surface area contributed by atoms with Gasteiger partial charge in [0.15, 0.2) is 0 Å². The Morgan fingerprint density at radius 1 is 1.25 bits per heavy atom. The van der Waals surface area contributed by atoms with Crippen molar-refractivity contribution in [1.29, 1.82) is 0 Å². The van der Waals surface area contributed by atoms with E-state index in [-0.39, 0.29) is 5.78 Å². The van der Waals surface area contributed by atoms with E-state index in [2.05, 4.69) is 0 Å². The fourth-order valence-electron chi connectivity index (χ4n) is 1.63. The molecular weight excluding hydrogens is 204 g/mol. The fourth-order valence-corrected chi connectivity index (χ4v) is 1.63. The molecule has 86 valence electrons. The highest BCUT2D eigenvalue weighted by atomic mass is 16.4. The quantitative estimate of drug-likeness (QED) is 0.748. The standard InChI is InChI=1S/C13H16O3/c1-2-11(13(15)16)12(14)9-8-10-6-4-3-5-7-10/h3-7,11H,2,8-9H2,1H3,(H,15,16). The van der Waals surface area contributed by atoms with Gasteiger partial charge in [0, 0.05) is 6.42 Å². The van der Waals surface area contributed by atoms with Gasteiger partial charge in [-0.1, -0.05) is 37.3 Å².